The summed E-state index contributed by atoms with van der Waals surface area (Å²) in [6.07, 6.45) is 3.61. The van der Waals surface area contributed by atoms with Crippen LogP contribution >= 0.6 is 0 Å². The fraction of sp³-hybridized carbons (Fsp3) is 0.182. The molecule has 27 heavy (non-hydrogen) atoms. The molecule has 1 N–H and O–H groups in total. The molecule has 5 rings (SSSR count). The monoisotopic (exact) mass is 355 g/mol. The molecule has 0 fully saturated rings. The van der Waals surface area contributed by atoms with Gasteiger partial charge in [0.05, 0.1) is 6.04 Å². The molecule has 134 valence electrons. The minimum Gasteiger partial charge on any atom is -0.383 e. The fourth-order valence-electron chi connectivity index (χ4n) is 3.85. The minimum atomic E-state index is 0.355. The number of benzene rings is 2. The Hall–Kier alpha value is -3.18. The lowest BCUT2D eigenvalue weighted by molar-refractivity contribution is 0.252. The van der Waals surface area contributed by atoms with Crippen molar-refractivity contribution in [3.8, 4) is 11.1 Å². The van der Waals surface area contributed by atoms with E-state index in [0.29, 0.717) is 6.04 Å². The highest BCUT2D eigenvalue weighted by Gasteiger charge is 2.22. The van der Waals surface area contributed by atoms with Crippen LogP contribution in [0.1, 0.15) is 17.2 Å². The van der Waals surface area contributed by atoms with E-state index < -0.39 is 0 Å². The van der Waals surface area contributed by atoms with Gasteiger partial charge in [-0.2, -0.15) is 5.10 Å². The molecule has 0 saturated carbocycles. The third-order valence-electron chi connectivity index (χ3n) is 5.33. The van der Waals surface area contributed by atoms with Crippen molar-refractivity contribution in [2.75, 3.05) is 18.9 Å². The highest BCUT2D eigenvalue weighted by molar-refractivity contribution is 5.69. The van der Waals surface area contributed by atoms with Crippen LogP contribution in [-0.4, -0.2) is 33.1 Å². The number of hydrogen-bond acceptors (Lipinski definition) is 4. The molecule has 1 aliphatic heterocycles. The van der Waals surface area contributed by atoms with Crippen molar-refractivity contribution in [2.24, 2.45) is 0 Å². The zero-order valence-corrected chi connectivity index (χ0v) is 15.2. The molecular formula is C22H21N5. The predicted molar refractivity (Wildman–Crippen MR) is 108 cm³/mol. The number of aromatic nitrogens is 3. The van der Waals surface area contributed by atoms with E-state index in [4.69, 9.17) is 0 Å². The van der Waals surface area contributed by atoms with E-state index in [-0.39, 0.29) is 0 Å². The van der Waals surface area contributed by atoms with Crippen LogP contribution in [0.25, 0.3) is 16.8 Å². The van der Waals surface area contributed by atoms with Gasteiger partial charge in [-0.25, -0.2) is 9.50 Å². The SMILES string of the molecule is CN1Cc2cc(-c3ccc4ncnn4c3)ccc2NCC1c1ccccc1. The third kappa shape index (κ3) is 2.96. The van der Waals surface area contributed by atoms with Gasteiger partial charge in [-0.15, -0.1) is 0 Å². The van der Waals surface area contributed by atoms with Crippen molar-refractivity contribution >= 4 is 11.3 Å². The van der Waals surface area contributed by atoms with Crippen molar-refractivity contribution in [1.29, 1.82) is 0 Å². The quantitative estimate of drug-likeness (QED) is 0.590. The zero-order valence-electron chi connectivity index (χ0n) is 15.2. The molecule has 2 aromatic heterocycles. The maximum Gasteiger partial charge on any atom is 0.155 e. The predicted octanol–water partition coefficient (Wildman–Crippen LogP) is 3.99. The smallest absolute Gasteiger partial charge is 0.155 e. The molecule has 0 aliphatic carbocycles. The van der Waals surface area contributed by atoms with Crippen LogP contribution in [-0.2, 0) is 6.54 Å². The first-order valence-electron chi connectivity index (χ1n) is 9.20. The molecule has 0 spiro atoms. The van der Waals surface area contributed by atoms with Crippen molar-refractivity contribution in [3.63, 3.8) is 0 Å². The van der Waals surface area contributed by atoms with E-state index >= 15 is 0 Å². The van der Waals surface area contributed by atoms with Crippen LogP contribution < -0.4 is 5.32 Å². The van der Waals surface area contributed by atoms with Crippen molar-refractivity contribution in [3.05, 3.63) is 84.3 Å². The number of anilines is 1. The standard InChI is InChI=1S/C22H21N5/c1-26-13-19-11-17(18-8-10-22-24-15-25-27(22)14-18)7-9-20(19)23-12-21(26)16-5-3-2-4-6-16/h2-11,14-15,21,23H,12-13H2,1H3. The molecule has 0 amide bonds. The Morgan fingerprint density at radius 3 is 2.74 bits per heavy atom. The Balaban J connectivity index is 1.48. The van der Waals surface area contributed by atoms with E-state index in [1.54, 1.807) is 6.33 Å². The summed E-state index contributed by atoms with van der Waals surface area (Å²) >= 11 is 0. The van der Waals surface area contributed by atoms with Gasteiger partial charge in [-0.3, -0.25) is 4.90 Å². The van der Waals surface area contributed by atoms with E-state index in [2.05, 4.69) is 81.9 Å². The zero-order chi connectivity index (χ0) is 18.2. The van der Waals surface area contributed by atoms with Crippen LogP contribution in [0.15, 0.2) is 73.2 Å². The third-order valence-corrected chi connectivity index (χ3v) is 5.33. The number of nitrogens with one attached hydrogen (secondary N) is 1. The summed E-state index contributed by atoms with van der Waals surface area (Å²) in [5.74, 6) is 0. The highest BCUT2D eigenvalue weighted by Crippen LogP contribution is 2.32. The summed E-state index contributed by atoms with van der Waals surface area (Å²) < 4.78 is 1.82. The topological polar surface area (TPSA) is 45.5 Å². The van der Waals surface area contributed by atoms with Crippen LogP contribution in [0.2, 0.25) is 0 Å². The number of rotatable bonds is 2. The maximum absolute atomic E-state index is 4.25. The van der Waals surface area contributed by atoms with Gasteiger partial charge in [0.25, 0.3) is 0 Å². The molecule has 0 bridgehead atoms. The number of hydrogen-bond donors (Lipinski definition) is 1. The average Bonchev–Trinajstić information content (AvgIpc) is 3.11. The minimum absolute atomic E-state index is 0.355. The summed E-state index contributed by atoms with van der Waals surface area (Å²) in [7, 11) is 2.20. The van der Waals surface area contributed by atoms with Gasteiger partial charge in [0.15, 0.2) is 5.65 Å². The van der Waals surface area contributed by atoms with E-state index in [1.165, 1.54) is 22.4 Å². The fourth-order valence-corrected chi connectivity index (χ4v) is 3.85. The second kappa shape index (κ2) is 6.52. The van der Waals surface area contributed by atoms with Crippen molar-refractivity contribution in [2.45, 2.75) is 12.6 Å². The number of fused-ring (bicyclic) bond motifs is 2. The second-order valence-electron chi connectivity index (χ2n) is 7.08. The van der Waals surface area contributed by atoms with Gasteiger partial charge >= 0.3 is 0 Å². The van der Waals surface area contributed by atoms with Gasteiger partial charge in [0, 0.05) is 30.5 Å². The second-order valence-corrected chi connectivity index (χ2v) is 7.08. The Morgan fingerprint density at radius 2 is 1.85 bits per heavy atom. The normalized spacial score (nSPS) is 17.3. The maximum atomic E-state index is 4.25. The molecule has 1 aliphatic rings. The van der Waals surface area contributed by atoms with E-state index in [9.17, 15) is 0 Å². The molecule has 5 nitrogen and oxygen atoms in total. The summed E-state index contributed by atoms with van der Waals surface area (Å²) in [4.78, 5) is 6.63. The van der Waals surface area contributed by atoms with E-state index in [1.807, 2.05) is 16.8 Å². The van der Waals surface area contributed by atoms with Gasteiger partial charge < -0.3 is 5.32 Å². The molecule has 3 heterocycles. The number of nitrogens with zero attached hydrogens (tertiary/aromatic N) is 4. The lowest BCUT2D eigenvalue weighted by Crippen LogP contribution is -2.26. The van der Waals surface area contributed by atoms with E-state index in [0.717, 1.165) is 24.3 Å². The largest absolute Gasteiger partial charge is 0.383 e. The van der Waals surface area contributed by atoms with Gasteiger partial charge in [-0.05, 0) is 48.0 Å². The first-order valence-corrected chi connectivity index (χ1v) is 9.20. The Kier molecular flexibility index (Phi) is 3.87. The van der Waals surface area contributed by atoms with Crippen LogP contribution in [0.4, 0.5) is 5.69 Å². The molecule has 1 unspecified atom stereocenters. The average molecular weight is 355 g/mol. The van der Waals surface area contributed by atoms with Crippen LogP contribution in [0.3, 0.4) is 0 Å². The van der Waals surface area contributed by atoms with Gasteiger partial charge in [0.2, 0.25) is 0 Å². The molecule has 0 radical (unpaired) electrons. The molecular weight excluding hydrogens is 334 g/mol. The summed E-state index contributed by atoms with van der Waals surface area (Å²) in [5.41, 5.74) is 7.07. The van der Waals surface area contributed by atoms with Crippen molar-refractivity contribution < 1.29 is 0 Å². The first-order chi connectivity index (χ1) is 13.3. The highest BCUT2D eigenvalue weighted by atomic mass is 15.3. The summed E-state index contributed by atoms with van der Waals surface area (Å²) in [6.45, 7) is 1.80. The molecule has 4 aromatic rings. The van der Waals surface area contributed by atoms with Gasteiger partial charge in [-0.1, -0.05) is 36.4 Å². The Labute approximate surface area is 158 Å². The number of likely N-dealkylation sites (N-methyl/N-ethyl adjacent to an activating group) is 1. The molecule has 2 aromatic carbocycles. The first kappa shape index (κ1) is 16.0. The van der Waals surface area contributed by atoms with Crippen molar-refractivity contribution in [1.82, 2.24) is 19.5 Å². The summed E-state index contributed by atoms with van der Waals surface area (Å²) in [6, 6.07) is 21.8. The van der Waals surface area contributed by atoms with Crippen LogP contribution in [0.5, 0.6) is 0 Å². The number of pyridine rings is 1. The molecule has 5 heteroatoms. The lowest BCUT2D eigenvalue weighted by atomic mass is 10.0. The lowest BCUT2D eigenvalue weighted by Gasteiger charge is -2.25. The van der Waals surface area contributed by atoms with Crippen LogP contribution in [0, 0.1) is 0 Å². The molecule has 1 atom stereocenters. The Bertz CT molecular complexity index is 1090. The summed E-state index contributed by atoms with van der Waals surface area (Å²) in [5, 5.41) is 7.89. The van der Waals surface area contributed by atoms with Gasteiger partial charge in [0.1, 0.15) is 6.33 Å². The molecule has 0 saturated heterocycles. The Morgan fingerprint density at radius 1 is 1.00 bits per heavy atom.